The quantitative estimate of drug-likeness (QED) is 0.853. The molecule has 114 valence electrons. The molecule has 1 unspecified atom stereocenters. The third-order valence-corrected chi connectivity index (χ3v) is 4.10. The Morgan fingerprint density at radius 2 is 2.10 bits per heavy atom. The van der Waals surface area contributed by atoms with Crippen molar-refractivity contribution >= 4 is 34.9 Å². The second-order valence-corrected chi connectivity index (χ2v) is 6.11. The molecule has 0 aromatic heterocycles. The van der Waals surface area contributed by atoms with Crippen LogP contribution < -0.4 is 5.48 Å². The summed E-state index contributed by atoms with van der Waals surface area (Å²) in [6, 6.07) is 5.29. The van der Waals surface area contributed by atoms with Crippen LogP contribution in [-0.4, -0.2) is 18.7 Å². The lowest BCUT2D eigenvalue weighted by molar-refractivity contribution is -0.161. The van der Waals surface area contributed by atoms with E-state index < -0.39 is 11.5 Å². The fourth-order valence-corrected chi connectivity index (χ4v) is 2.25. The van der Waals surface area contributed by atoms with Gasteiger partial charge in [0, 0.05) is 5.56 Å². The number of carbonyl (C=O) groups excluding carboxylic acids is 1. The molecule has 2 rings (SSSR count). The van der Waals surface area contributed by atoms with Crippen LogP contribution >= 0.6 is 23.2 Å². The first-order chi connectivity index (χ1) is 9.86. The van der Waals surface area contributed by atoms with Gasteiger partial charge in [-0.1, -0.05) is 29.3 Å². The molecule has 21 heavy (non-hydrogen) atoms. The summed E-state index contributed by atoms with van der Waals surface area (Å²) in [5.74, 6) is -0.302. The zero-order chi connectivity index (χ0) is 15.6. The normalized spacial score (nSPS) is 18.1. The number of ether oxygens (including phenoxy) is 1. The number of carbonyl (C=O) groups is 1. The highest BCUT2D eigenvalue weighted by Gasteiger charge is 2.41. The monoisotopic (exact) mass is 329 g/mol. The van der Waals surface area contributed by atoms with Crippen LogP contribution in [0.5, 0.6) is 0 Å². The smallest absolute Gasteiger partial charge is 0.314 e. The van der Waals surface area contributed by atoms with Gasteiger partial charge in [0.2, 0.25) is 0 Å². The molecule has 0 aliphatic carbocycles. The van der Waals surface area contributed by atoms with Gasteiger partial charge in [-0.15, -0.1) is 0 Å². The number of hydrogen-bond donors (Lipinski definition) is 1. The Labute approximate surface area is 134 Å². The van der Waals surface area contributed by atoms with Crippen LogP contribution in [0.1, 0.15) is 26.3 Å². The van der Waals surface area contributed by atoms with E-state index in [1.165, 1.54) is 0 Å². The van der Waals surface area contributed by atoms with Gasteiger partial charge in [0.15, 0.2) is 0 Å². The van der Waals surface area contributed by atoms with Crippen LogP contribution in [0.15, 0.2) is 24.3 Å². The Kier molecular flexibility index (Phi) is 4.81. The lowest BCUT2D eigenvalue weighted by atomic mass is 9.86. The number of halogens is 2. The third-order valence-electron chi connectivity index (χ3n) is 3.36. The van der Waals surface area contributed by atoms with Crippen LogP contribution in [0.2, 0.25) is 10.0 Å². The highest BCUT2D eigenvalue weighted by Crippen LogP contribution is 2.33. The zero-order valence-corrected chi connectivity index (χ0v) is 13.6. The van der Waals surface area contributed by atoms with E-state index in [2.05, 4.69) is 5.48 Å². The van der Waals surface area contributed by atoms with Crippen LogP contribution in [0.25, 0.3) is 5.70 Å². The second kappa shape index (κ2) is 6.26. The first-order valence-corrected chi connectivity index (χ1v) is 7.38. The van der Waals surface area contributed by atoms with Crippen molar-refractivity contribution in [3.63, 3.8) is 0 Å². The highest BCUT2D eigenvalue weighted by molar-refractivity contribution is 6.42. The minimum absolute atomic E-state index is 0.302. The lowest BCUT2D eigenvalue weighted by Crippen LogP contribution is -2.38. The van der Waals surface area contributed by atoms with Crippen molar-refractivity contribution in [1.82, 2.24) is 5.48 Å². The predicted molar refractivity (Wildman–Crippen MR) is 82.9 cm³/mol. The summed E-state index contributed by atoms with van der Waals surface area (Å²) in [6.07, 6.45) is 1.41. The molecule has 4 nitrogen and oxygen atoms in total. The lowest BCUT2D eigenvalue weighted by Gasteiger charge is -2.26. The number of benzene rings is 1. The molecule has 0 amide bonds. The van der Waals surface area contributed by atoms with Gasteiger partial charge in [0.1, 0.15) is 6.10 Å². The van der Waals surface area contributed by atoms with Gasteiger partial charge in [-0.2, -0.15) is 0 Å². The Bertz CT molecular complexity index is 584. The molecule has 1 N–H and O–H groups in total. The molecule has 1 atom stereocenters. The van der Waals surface area contributed by atoms with Gasteiger partial charge < -0.3 is 4.74 Å². The fraction of sp³-hybridized carbons (Fsp3) is 0.400. The molecule has 0 spiro atoms. The summed E-state index contributed by atoms with van der Waals surface area (Å²) in [6.45, 7) is 5.68. The average Bonchev–Trinajstić information content (AvgIpc) is 2.92. The Morgan fingerprint density at radius 3 is 2.71 bits per heavy atom. The largest absolute Gasteiger partial charge is 0.465 e. The molecule has 1 aliphatic heterocycles. The average molecular weight is 330 g/mol. The van der Waals surface area contributed by atoms with Crippen LogP contribution in [0.4, 0.5) is 0 Å². The summed E-state index contributed by atoms with van der Waals surface area (Å²) in [5.41, 5.74) is 3.62. The predicted octanol–water partition coefficient (Wildman–Crippen LogP) is 3.83. The molecule has 0 radical (unpaired) electrons. The minimum Gasteiger partial charge on any atom is -0.465 e. The first-order valence-electron chi connectivity index (χ1n) is 6.62. The van der Waals surface area contributed by atoms with E-state index in [1.807, 2.05) is 12.1 Å². The summed E-state index contributed by atoms with van der Waals surface area (Å²) in [5, 5.41) is 0.952. The van der Waals surface area contributed by atoms with Crippen LogP contribution in [-0.2, 0) is 14.4 Å². The van der Waals surface area contributed by atoms with Crippen molar-refractivity contribution in [1.29, 1.82) is 0 Å². The minimum atomic E-state index is -0.791. The van der Waals surface area contributed by atoms with E-state index >= 15 is 0 Å². The zero-order valence-electron chi connectivity index (χ0n) is 12.1. The van der Waals surface area contributed by atoms with Crippen molar-refractivity contribution in [3.05, 3.63) is 39.9 Å². The maximum absolute atomic E-state index is 12.0. The molecule has 6 heteroatoms. The summed E-state index contributed by atoms with van der Waals surface area (Å²) in [4.78, 5) is 17.5. The van der Waals surface area contributed by atoms with E-state index in [4.69, 9.17) is 32.8 Å². The SMILES string of the molecule is CCOC(=O)C(C)(C)C1C=C(c2ccc(Cl)c(Cl)c2)NO1. The van der Waals surface area contributed by atoms with E-state index in [9.17, 15) is 4.79 Å². The molecule has 1 aromatic rings. The van der Waals surface area contributed by atoms with Crippen molar-refractivity contribution in [2.75, 3.05) is 6.61 Å². The van der Waals surface area contributed by atoms with Crippen molar-refractivity contribution in [2.24, 2.45) is 5.41 Å². The summed E-state index contributed by atoms with van der Waals surface area (Å²) >= 11 is 11.9. The topological polar surface area (TPSA) is 47.6 Å². The number of rotatable bonds is 4. The Hall–Kier alpha value is -1.23. The second-order valence-electron chi connectivity index (χ2n) is 5.29. The standard InChI is InChI=1S/C15H17Cl2NO3/c1-4-20-14(19)15(2,3)13-8-12(18-21-13)9-5-6-10(16)11(17)7-9/h5-8,13,18H,4H2,1-3H3. The number of esters is 1. The molecule has 0 bridgehead atoms. The molecule has 0 saturated heterocycles. The fourth-order valence-electron chi connectivity index (χ4n) is 1.95. The molecular formula is C15H17Cl2NO3. The number of hydroxylamine groups is 1. The Balaban J connectivity index is 2.22. The molecule has 1 aliphatic rings. The molecular weight excluding hydrogens is 313 g/mol. The van der Waals surface area contributed by atoms with Gasteiger partial charge in [-0.25, -0.2) is 0 Å². The molecule has 0 saturated carbocycles. The van der Waals surface area contributed by atoms with Crippen molar-refractivity contribution < 1.29 is 14.4 Å². The van der Waals surface area contributed by atoms with Crippen LogP contribution in [0, 0.1) is 5.41 Å². The van der Waals surface area contributed by atoms with Crippen molar-refractivity contribution in [3.8, 4) is 0 Å². The maximum atomic E-state index is 12.0. The van der Waals surface area contributed by atoms with Crippen molar-refractivity contribution in [2.45, 2.75) is 26.9 Å². The maximum Gasteiger partial charge on any atom is 0.314 e. The van der Waals surface area contributed by atoms with Gasteiger partial charge >= 0.3 is 5.97 Å². The Morgan fingerprint density at radius 1 is 1.38 bits per heavy atom. The third kappa shape index (κ3) is 3.34. The highest BCUT2D eigenvalue weighted by atomic mass is 35.5. The first kappa shape index (κ1) is 16.1. The molecule has 1 aromatic carbocycles. The van der Waals surface area contributed by atoms with Gasteiger partial charge in [0.25, 0.3) is 0 Å². The number of nitrogens with one attached hydrogen (secondary N) is 1. The molecule has 0 fully saturated rings. The summed E-state index contributed by atoms with van der Waals surface area (Å²) in [7, 11) is 0. The van der Waals surface area contributed by atoms with Gasteiger partial charge in [-0.3, -0.25) is 15.1 Å². The number of hydrogen-bond acceptors (Lipinski definition) is 4. The van der Waals surface area contributed by atoms with E-state index in [-0.39, 0.29) is 5.97 Å². The molecule has 1 heterocycles. The van der Waals surface area contributed by atoms with Crippen LogP contribution in [0.3, 0.4) is 0 Å². The van der Waals surface area contributed by atoms with Gasteiger partial charge in [0.05, 0.1) is 27.8 Å². The van der Waals surface area contributed by atoms with E-state index in [1.54, 1.807) is 32.9 Å². The summed E-state index contributed by atoms with van der Waals surface area (Å²) < 4.78 is 5.08. The van der Waals surface area contributed by atoms with E-state index in [0.717, 1.165) is 11.3 Å². The van der Waals surface area contributed by atoms with Gasteiger partial charge in [-0.05, 0) is 39.0 Å². The van der Waals surface area contributed by atoms with E-state index in [0.29, 0.717) is 16.7 Å².